The number of non-ortho nitro benzene ring substituents is 1. The molecule has 1 aliphatic heterocycles. The summed E-state index contributed by atoms with van der Waals surface area (Å²) in [7, 11) is 0. The minimum absolute atomic E-state index is 0.139. The molecule has 1 fully saturated rings. The van der Waals surface area contributed by atoms with E-state index >= 15 is 0 Å². The molecule has 122 valence electrons. The molecule has 0 atom stereocenters. The summed E-state index contributed by atoms with van der Waals surface area (Å²) in [5, 5.41) is 22.6. The van der Waals surface area contributed by atoms with Gasteiger partial charge in [-0.2, -0.15) is 0 Å². The largest absolute Gasteiger partial charge is 0.478 e. The van der Waals surface area contributed by atoms with Gasteiger partial charge in [0, 0.05) is 30.8 Å². The molecule has 2 N–H and O–H groups in total. The van der Waals surface area contributed by atoms with Gasteiger partial charge in [-0.25, -0.2) is 4.79 Å². The van der Waals surface area contributed by atoms with Gasteiger partial charge in [-0.15, -0.1) is 0 Å². The zero-order valence-electron chi connectivity index (χ0n) is 12.5. The van der Waals surface area contributed by atoms with Gasteiger partial charge in [-0.3, -0.25) is 19.7 Å². The van der Waals surface area contributed by atoms with Crippen molar-refractivity contribution in [3.8, 4) is 0 Å². The first kappa shape index (κ1) is 16.4. The summed E-state index contributed by atoms with van der Waals surface area (Å²) >= 11 is 0. The number of nitrogens with zero attached hydrogens (tertiary/aromatic N) is 2. The molecule has 1 aliphatic rings. The van der Waals surface area contributed by atoms with Crippen LogP contribution in [0.5, 0.6) is 0 Å². The van der Waals surface area contributed by atoms with E-state index in [1.165, 1.54) is 4.90 Å². The third kappa shape index (κ3) is 2.98. The lowest BCUT2D eigenvalue weighted by atomic mass is 9.97. The number of carboxylic acids is 1. The van der Waals surface area contributed by atoms with Crippen molar-refractivity contribution in [3.05, 3.63) is 39.4 Å². The average Bonchev–Trinajstić information content (AvgIpc) is 2.48. The van der Waals surface area contributed by atoms with Gasteiger partial charge < -0.3 is 15.3 Å². The maximum Gasteiger partial charge on any atom is 0.335 e. The molecule has 1 aromatic carbocycles. The average molecular weight is 321 g/mol. The first-order chi connectivity index (χ1) is 10.6. The van der Waals surface area contributed by atoms with Gasteiger partial charge in [0.15, 0.2) is 0 Å². The number of amides is 2. The number of rotatable bonds is 3. The number of nitrogens with one attached hydrogen (secondary N) is 1. The highest BCUT2D eigenvalue weighted by molar-refractivity contribution is 6.02. The van der Waals surface area contributed by atoms with E-state index in [-0.39, 0.29) is 30.1 Å². The number of hydrogen-bond acceptors (Lipinski definition) is 5. The van der Waals surface area contributed by atoms with Gasteiger partial charge in [0.1, 0.15) is 5.54 Å². The molecule has 0 bridgehead atoms. The highest BCUT2D eigenvalue weighted by atomic mass is 16.6. The summed E-state index contributed by atoms with van der Waals surface area (Å²) in [4.78, 5) is 47.1. The fourth-order valence-electron chi connectivity index (χ4n) is 2.37. The molecule has 1 saturated heterocycles. The van der Waals surface area contributed by atoms with Crippen LogP contribution in [0, 0.1) is 10.1 Å². The summed E-state index contributed by atoms with van der Waals surface area (Å²) in [6, 6.07) is 2.96. The molecule has 1 heterocycles. The van der Waals surface area contributed by atoms with Gasteiger partial charge in [-0.05, 0) is 19.9 Å². The number of hydrogen-bond donors (Lipinski definition) is 2. The number of carboxylic acid groups (broad SMARTS) is 1. The molecule has 0 unspecified atom stereocenters. The Kier molecular flexibility index (Phi) is 4.04. The van der Waals surface area contributed by atoms with E-state index in [1.54, 1.807) is 13.8 Å². The molecule has 2 rings (SSSR count). The number of carbonyl (C=O) groups excluding carboxylic acids is 2. The molecule has 0 radical (unpaired) electrons. The second kappa shape index (κ2) is 5.67. The van der Waals surface area contributed by atoms with Crippen LogP contribution >= 0.6 is 0 Å². The standard InChI is InChI=1S/C14H15N3O6/c1-14(2)13(21)15-3-4-16(14)11(18)8-5-9(12(19)20)7-10(6-8)17(22)23/h5-7H,3-4H2,1-2H3,(H,15,21)(H,19,20). The normalized spacial score (nSPS) is 16.6. The van der Waals surface area contributed by atoms with E-state index in [0.29, 0.717) is 0 Å². The summed E-state index contributed by atoms with van der Waals surface area (Å²) < 4.78 is 0. The van der Waals surface area contributed by atoms with Gasteiger partial charge in [0.25, 0.3) is 11.6 Å². The fraction of sp³-hybridized carbons (Fsp3) is 0.357. The molecule has 0 aliphatic carbocycles. The zero-order chi connectivity index (χ0) is 17.4. The summed E-state index contributed by atoms with van der Waals surface area (Å²) in [6.07, 6.45) is 0. The molecular formula is C14H15N3O6. The Morgan fingerprint density at radius 3 is 2.48 bits per heavy atom. The van der Waals surface area contributed by atoms with Crippen LogP contribution in [0.3, 0.4) is 0 Å². The van der Waals surface area contributed by atoms with Gasteiger partial charge >= 0.3 is 5.97 Å². The Labute approximate surface area is 131 Å². The number of carbonyl (C=O) groups is 3. The monoisotopic (exact) mass is 321 g/mol. The van der Waals surface area contributed by atoms with Crippen LogP contribution in [0.15, 0.2) is 18.2 Å². The van der Waals surface area contributed by atoms with Crippen LogP contribution in [0.25, 0.3) is 0 Å². The number of nitro groups is 1. The van der Waals surface area contributed by atoms with Crippen molar-refractivity contribution in [3.63, 3.8) is 0 Å². The fourth-order valence-corrected chi connectivity index (χ4v) is 2.37. The number of benzene rings is 1. The first-order valence-corrected chi connectivity index (χ1v) is 6.77. The van der Waals surface area contributed by atoms with E-state index in [9.17, 15) is 24.5 Å². The third-order valence-electron chi connectivity index (χ3n) is 3.72. The number of aromatic carboxylic acids is 1. The van der Waals surface area contributed by atoms with Gasteiger partial charge in [-0.1, -0.05) is 0 Å². The molecule has 0 spiro atoms. The minimum Gasteiger partial charge on any atom is -0.478 e. The summed E-state index contributed by atoms with van der Waals surface area (Å²) in [5.74, 6) is -2.35. The van der Waals surface area contributed by atoms with Crippen LogP contribution in [0.2, 0.25) is 0 Å². The molecule has 9 heteroatoms. The Hall–Kier alpha value is -2.97. The van der Waals surface area contributed by atoms with Crippen LogP contribution in [-0.4, -0.2) is 51.3 Å². The van der Waals surface area contributed by atoms with E-state index in [4.69, 9.17) is 5.11 Å². The number of piperazine rings is 1. The van der Waals surface area contributed by atoms with Gasteiger partial charge in [0.05, 0.1) is 10.5 Å². The zero-order valence-corrected chi connectivity index (χ0v) is 12.5. The lowest BCUT2D eigenvalue weighted by Gasteiger charge is -2.41. The lowest BCUT2D eigenvalue weighted by Crippen LogP contribution is -2.63. The maximum atomic E-state index is 12.6. The van der Waals surface area contributed by atoms with Crippen molar-refractivity contribution < 1.29 is 24.4 Å². The number of nitro benzene ring substituents is 1. The first-order valence-electron chi connectivity index (χ1n) is 6.77. The van der Waals surface area contributed by atoms with E-state index in [0.717, 1.165) is 18.2 Å². The lowest BCUT2D eigenvalue weighted by molar-refractivity contribution is -0.384. The van der Waals surface area contributed by atoms with Gasteiger partial charge in [0.2, 0.25) is 5.91 Å². The predicted molar refractivity (Wildman–Crippen MR) is 78.2 cm³/mol. The topological polar surface area (TPSA) is 130 Å². The molecule has 0 saturated carbocycles. The third-order valence-corrected chi connectivity index (χ3v) is 3.72. The Morgan fingerprint density at radius 1 is 1.30 bits per heavy atom. The second-order valence-corrected chi connectivity index (χ2v) is 5.60. The molecule has 0 aromatic heterocycles. The Bertz CT molecular complexity index is 680. The highest BCUT2D eigenvalue weighted by Gasteiger charge is 2.41. The quantitative estimate of drug-likeness (QED) is 0.621. The van der Waals surface area contributed by atoms with Crippen LogP contribution in [0.4, 0.5) is 5.69 Å². The van der Waals surface area contributed by atoms with Crippen LogP contribution in [0.1, 0.15) is 34.6 Å². The highest BCUT2D eigenvalue weighted by Crippen LogP contribution is 2.24. The summed E-state index contributed by atoms with van der Waals surface area (Å²) in [6.45, 7) is 3.58. The molecular weight excluding hydrogens is 306 g/mol. The van der Waals surface area contributed by atoms with Crippen molar-refractivity contribution in [2.45, 2.75) is 19.4 Å². The second-order valence-electron chi connectivity index (χ2n) is 5.60. The van der Waals surface area contributed by atoms with Crippen molar-refractivity contribution in [1.29, 1.82) is 0 Å². The van der Waals surface area contributed by atoms with E-state index in [2.05, 4.69) is 5.32 Å². The van der Waals surface area contributed by atoms with E-state index in [1.807, 2.05) is 0 Å². The Morgan fingerprint density at radius 2 is 1.91 bits per heavy atom. The van der Waals surface area contributed by atoms with Crippen molar-refractivity contribution in [1.82, 2.24) is 10.2 Å². The molecule has 1 aromatic rings. The smallest absolute Gasteiger partial charge is 0.335 e. The Balaban J connectivity index is 2.48. The SMILES string of the molecule is CC1(C)C(=O)NCCN1C(=O)c1cc(C(=O)O)cc([N+](=O)[O-])c1. The molecule has 9 nitrogen and oxygen atoms in total. The van der Waals surface area contributed by atoms with Crippen molar-refractivity contribution in [2.24, 2.45) is 0 Å². The molecule has 2 amide bonds. The van der Waals surface area contributed by atoms with E-state index < -0.39 is 28.0 Å². The van der Waals surface area contributed by atoms with Crippen LogP contribution < -0.4 is 5.32 Å². The summed E-state index contributed by atoms with van der Waals surface area (Å²) in [5.41, 5.74) is -2.13. The maximum absolute atomic E-state index is 12.6. The van der Waals surface area contributed by atoms with Crippen LogP contribution in [-0.2, 0) is 4.79 Å². The van der Waals surface area contributed by atoms with Crippen molar-refractivity contribution >= 4 is 23.5 Å². The molecule has 23 heavy (non-hydrogen) atoms. The minimum atomic E-state index is -1.38. The predicted octanol–water partition coefficient (Wildman–Crippen LogP) is 0.644. The van der Waals surface area contributed by atoms with Crippen molar-refractivity contribution in [2.75, 3.05) is 13.1 Å².